The zero-order valence-electron chi connectivity index (χ0n) is 12.9. The van der Waals surface area contributed by atoms with Crippen molar-refractivity contribution in [3.8, 4) is 0 Å². The van der Waals surface area contributed by atoms with Crippen molar-refractivity contribution < 1.29 is 9.59 Å². The van der Waals surface area contributed by atoms with E-state index in [1.54, 1.807) is 23.1 Å². The molecule has 0 spiro atoms. The summed E-state index contributed by atoms with van der Waals surface area (Å²) in [6.45, 7) is 4.98. The lowest BCUT2D eigenvalue weighted by molar-refractivity contribution is -0.145. The van der Waals surface area contributed by atoms with Crippen LogP contribution in [0.25, 0.3) is 0 Å². The van der Waals surface area contributed by atoms with Gasteiger partial charge in [-0.25, -0.2) is 0 Å². The third-order valence-electron chi connectivity index (χ3n) is 5.29. The zero-order chi connectivity index (χ0) is 15.5. The molecule has 2 amide bonds. The highest BCUT2D eigenvalue weighted by atomic mass is 32.2. The molecule has 1 aromatic heterocycles. The van der Waals surface area contributed by atoms with E-state index in [9.17, 15) is 9.59 Å². The average molecular weight is 336 g/mol. The second kappa shape index (κ2) is 4.99. The SMILES string of the molecule is C[C@@H]1c2ccsc2CCN1C(=O)[C@@H]1CS[C@]2(C)CCC(=O)N12. The molecule has 6 heteroatoms. The van der Waals surface area contributed by atoms with Crippen molar-refractivity contribution in [2.45, 2.75) is 50.1 Å². The summed E-state index contributed by atoms with van der Waals surface area (Å²) in [5, 5.41) is 2.11. The Hall–Kier alpha value is -1.01. The van der Waals surface area contributed by atoms with Crippen molar-refractivity contribution in [1.29, 1.82) is 0 Å². The molecule has 0 radical (unpaired) electrons. The predicted octanol–water partition coefficient (Wildman–Crippen LogP) is 2.65. The Balaban J connectivity index is 1.59. The number of carbonyl (C=O) groups is 2. The molecule has 4 rings (SSSR count). The first-order chi connectivity index (χ1) is 10.5. The van der Waals surface area contributed by atoms with Crippen molar-refractivity contribution >= 4 is 34.9 Å². The standard InChI is InChI=1S/C16H20N2O2S2/c1-10-11-5-8-21-13(11)4-7-17(10)15(20)12-9-22-16(2)6-3-14(19)18(12)16/h5,8,10,12H,3-4,6-7,9H2,1-2H3/t10-,12+,16-/m1/s1. The average Bonchev–Trinajstić information content (AvgIpc) is 3.15. The molecule has 3 atom stereocenters. The van der Waals surface area contributed by atoms with Gasteiger partial charge in [0.15, 0.2) is 0 Å². The minimum absolute atomic E-state index is 0.122. The number of amides is 2. The molecule has 3 aliphatic rings. The van der Waals surface area contributed by atoms with E-state index in [0.717, 1.165) is 25.1 Å². The van der Waals surface area contributed by atoms with Crippen LogP contribution in [0.2, 0.25) is 0 Å². The van der Waals surface area contributed by atoms with Gasteiger partial charge >= 0.3 is 0 Å². The monoisotopic (exact) mass is 336 g/mol. The highest BCUT2D eigenvalue weighted by Gasteiger charge is 2.54. The molecule has 2 saturated heterocycles. The lowest BCUT2D eigenvalue weighted by Gasteiger charge is -2.38. The molecule has 0 saturated carbocycles. The van der Waals surface area contributed by atoms with E-state index in [2.05, 4.69) is 25.3 Å². The molecule has 4 heterocycles. The van der Waals surface area contributed by atoms with Crippen LogP contribution in [-0.2, 0) is 16.0 Å². The predicted molar refractivity (Wildman–Crippen MR) is 88.9 cm³/mol. The topological polar surface area (TPSA) is 40.6 Å². The summed E-state index contributed by atoms with van der Waals surface area (Å²) in [7, 11) is 0. The zero-order valence-corrected chi connectivity index (χ0v) is 14.5. The maximum absolute atomic E-state index is 13.1. The highest BCUT2D eigenvalue weighted by molar-refractivity contribution is 8.01. The molecule has 0 aromatic carbocycles. The van der Waals surface area contributed by atoms with Gasteiger partial charge in [0.25, 0.3) is 0 Å². The minimum Gasteiger partial charge on any atom is -0.334 e. The second-order valence-electron chi connectivity index (χ2n) is 6.52. The normalized spacial score (nSPS) is 34.0. The number of thioether (sulfide) groups is 1. The molecular weight excluding hydrogens is 316 g/mol. The fourth-order valence-corrected chi connectivity index (χ4v) is 6.39. The van der Waals surface area contributed by atoms with Crippen LogP contribution < -0.4 is 0 Å². The van der Waals surface area contributed by atoms with Gasteiger partial charge in [-0.15, -0.1) is 23.1 Å². The lowest BCUT2D eigenvalue weighted by Crippen LogP contribution is -2.52. The number of rotatable bonds is 1. The summed E-state index contributed by atoms with van der Waals surface area (Å²) in [5.41, 5.74) is 1.28. The Bertz CT molecular complexity index is 644. The van der Waals surface area contributed by atoms with Crippen molar-refractivity contribution in [2.75, 3.05) is 12.3 Å². The Labute approximate surface area is 138 Å². The summed E-state index contributed by atoms with van der Waals surface area (Å²) < 4.78 is 0. The van der Waals surface area contributed by atoms with E-state index >= 15 is 0 Å². The smallest absolute Gasteiger partial charge is 0.246 e. The Kier molecular flexibility index (Phi) is 3.31. The number of carbonyl (C=O) groups excluding carboxylic acids is 2. The quantitative estimate of drug-likeness (QED) is 0.792. The van der Waals surface area contributed by atoms with E-state index < -0.39 is 0 Å². The van der Waals surface area contributed by atoms with Gasteiger partial charge in [0.05, 0.1) is 10.9 Å². The maximum Gasteiger partial charge on any atom is 0.246 e. The van der Waals surface area contributed by atoms with Crippen LogP contribution in [-0.4, -0.2) is 44.8 Å². The molecule has 0 unspecified atom stereocenters. The van der Waals surface area contributed by atoms with Gasteiger partial charge in [0, 0.05) is 23.6 Å². The van der Waals surface area contributed by atoms with Crippen molar-refractivity contribution in [1.82, 2.24) is 9.80 Å². The first-order valence-electron chi connectivity index (χ1n) is 7.84. The molecule has 0 aliphatic carbocycles. The van der Waals surface area contributed by atoms with E-state index in [1.165, 1.54) is 10.4 Å². The third-order valence-corrected chi connectivity index (χ3v) is 7.79. The van der Waals surface area contributed by atoms with Gasteiger partial charge in [0.1, 0.15) is 6.04 Å². The molecular formula is C16H20N2O2S2. The number of nitrogens with zero attached hydrogens (tertiary/aromatic N) is 2. The Morgan fingerprint density at radius 2 is 2.23 bits per heavy atom. The minimum atomic E-state index is -0.271. The molecule has 2 fully saturated rings. The van der Waals surface area contributed by atoms with Crippen LogP contribution in [0.15, 0.2) is 11.4 Å². The van der Waals surface area contributed by atoms with Crippen molar-refractivity contribution in [3.63, 3.8) is 0 Å². The number of hydrogen-bond acceptors (Lipinski definition) is 4. The summed E-state index contributed by atoms with van der Waals surface area (Å²) in [6, 6.07) is 1.99. The third kappa shape index (κ3) is 1.96. The molecule has 4 nitrogen and oxygen atoms in total. The summed E-state index contributed by atoms with van der Waals surface area (Å²) in [6.07, 6.45) is 2.39. The fraction of sp³-hybridized carbons (Fsp3) is 0.625. The van der Waals surface area contributed by atoms with E-state index in [1.807, 2.05) is 9.80 Å². The first-order valence-corrected chi connectivity index (χ1v) is 9.71. The van der Waals surface area contributed by atoms with E-state index in [-0.39, 0.29) is 28.8 Å². The van der Waals surface area contributed by atoms with Crippen LogP contribution in [0, 0.1) is 0 Å². The first kappa shape index (κ1) is 14.6. The molecule has 22 heavy (non-hydrogen) atoms. The van der Waals surface area contributed by atoms with Crippen molar-refractivity contribution in [3.05, 3.63) is 21.9 Å². The van der Waals surface area contributed by atoms with Gasteiger partial charge in [-0.05, 0) is 43.7 Å². The van der Waals surface area contributed by atoms with Gasteiger partial charge < -0.3 is 9.80 Å². The van der Waals surface area contributed by atoms with Crippen LogP contribution in [0.5, 0.6) is 0 Å². The van der Waals surface area contributed by atoms with Gasteiger partial charge in [0.2, 0.25) is 11.8 Å². The van der Waals surface area contributed by atoms with E-state index in [0.29, 0.717) is 6.42 Å². The van der Waals surface area contributed by atoms with Gasteiger partial charge in [-0.1, -0.05) is 0 Å². The molecule has 0 N–H and O–H groups in total. The van der Waals surface area contributed by atoms with Crippen LogP contribution in [0.4, 0.5) is 0 Å². The van der Waals surface area contributed by atoms with Gasteiger partial charge in [-0.3, -0.25) is 9.59 Å². The number of fused-ring (bicyclic) bond motifs is 2. The summed E-state index contributed by atoms with van der Waals surface area (Å²) in [5.74, 6) is 1.02. The largest absolute Gasteiger partial charge is 0.334 e. The Morgan fingerprint density at radius 3 is 3.05 bits per heavy atom. The van der Waals surface area contributed by atoms with E-state index in [4.69, 9.17) is 0 Å². The summed E-state index contributed by atoms with van der Waals surface area (Å²) in [4.78, 5) is 30.4. The van der Waals surface area contributed by atoms with Gasteiger partial charge in [-0.2, -0.15) is 0 Å². The second-order valence-corrected chi connectivity index (χ2v) is 9.02. The number of hydrogen-bond donors (Lipinski definition) is 0. The number of thiophene rings is 1. The summed E-state index contributed by atoms with van der Waals surface area (Å²) >= 11 is 3.55. The molecule has 0 bridgehead atoms. The van der Waals surface area contributed by atoms with Crippen LogP contribution in [0.1, 0.15) is 43.2 Å². The highest BCUT2D eigenvalue weighted by Crippen LogP contribution is 2.48. The lowest BCUT2D eigenvalue weighted by atomic mass is 10.0. The fourth-order valence-electron chi connectivity index (χ4n) is 4.01. The maximum atomic E-state index is 13.1. The van der Waals surface area contributed by atoms with Crippen LogP contribution >= 0.6 is 23.1 Å². The molecule has 1 aromatic rings. The molecule has 118 valence electrons. The van der Waals surface area contributed by atoms with Crippen LogP contribution in [0.3, 0.4) is 0 Å². The Morgan fingerprint density at radius 1 is 1.41 bits per heavy atom. The van der Waals surface area contributed by atoms with Crippen molar-refractivity contribution in [2.24, 2.45) is 0 Å². The molecule has 3 aliphatic heterocycles.